The van der Waals surface area contributed by atoms with Crippen LogP contribution in [0, 0.1) is 18.3 Å². The number of carbonyl (C=O) groups is 1. The minimum Gasteiger partial charge on any atom is -0.495 e. The number of rotatable bonds is 4. The molecule has 0 spiro atoms. The number of carbonyl (C=O) groups excluding carboxylic acids is 1. The first-order chi connectivity index (χ1) is 10.1. The van der Waals surface area contributed by atoms with E-state index in [1.807, 2.05) is 37.3 Å². The Bertz CT molecular complexity index is 685. The number of aryl methyl sites for hydroxylation is 1. The lowest BCUT2D eigenvalue weighted by atomic mass is 10.1. The molecule has 0 aliphatic heterocycles. The molecule has 0 saturated carbocycles. The van der Waals surface area contributed by atoms with E-state index in [1.165, 1.54) is 7.11 Å². The van der Waals surface area contributed by atoms with Crippen molar-refractivity contribution >= 4 is 11.6 Å². The summed E-state index contributed by atoms with van der Waals surface area (Å²) in [5, 5.41) is 11.7. The summed E-state index contributed by atoms with van der Waals surface area (Å²) in [6.07, 6.45) is 0.295. The van der Waals surface area contributed by atoms with Crippen LogP contribution in [-0.2, 0) is 11.2 Å². The highest BCUT2D eigenvalue weighted by Gasteiger charge is 2.09. The summed E-state index contributed by atoms with van der Waals surface area (Å²) >= 11 is 0. The first kappa shape index (κ1) is 14.6. The number of amides is 1. The molecular formula is C17H16N2O2. The standard InChI is InChI=1S/C17H16N2O2/c1-12-3-5-13(6-4-12)10-17(20)19-15-8-7-14(11-18)9-16(15)21-2/h3-9H,10H2,1-2H3,(H,19,20). The molecule has 4 nitrogen and oxygen atoms in total. The number of nitrogens with one attached hydrogen (secondary N) is 1. The van der Waals surface area contributed by atoms with Crippen molar-refractivity contribution in [2.75, 3.05) is 12.4 Å². The molecule has 0 aliphatic carbocycles. The van der Waals surface area contributed by atoms with Crippen LogP contribution in [0.25, 0.3) is 0 Å². The fourth-order valence-electron chi connectivity index (χ4n) is 1.95. The zero-order chi connectivity index (χ0) is 15.2. The molecule has 0 radical (unpaired) electrons. The van der Waals surface area contributed by atoms with E-state index < -0.39 is 0 Å². The molecule has 2 aromatic rings. The molecule has 0 bridgehead atoms. The Morgan fingerprint density at radius 3 is 2.57 bits per heavy atom. The molecule has 0 aliphatic rings. The van der Waals surface area contributed by atoms with Gasteiger partial charge in [-0.1, -0.05) is 29.8 Å². The van der Waals surface area contributed by atoms with Crippen LogP contribution in [-0.4, -0.2) is 13.0 Å². The van der Waals surface area contributed by atoms with Gasteiger partial charge in [0.1, 0.15) is 5.75 Å². The van der Waals surface area contributed by atoms with Crippen LogP contribution in [0.1, 0.15) is 16.7 Å². The summed E-state index contributed by atoms with van der Waals surface area (Å²) in [6, 6.07) is 14.8. The Morgan fingerprint density at radius 2 is 1.95 bits per heavy atom. The molecule has 1 amide bonds. The molecule has 106 valence electrons. The fraction of sp³-hybridized carbons (Fsp3) is 0.176. The maximum Gasteiger partial charge on any atom is 0.228 e. The maximum absolute atomic E-state index is 12.1. The highest BCUT2D eigenvalue weighted by atomic mass is 16.5. The number of hydrogen-bond acceptors (Lipinski definition) is 3. The minimum atomic E-state index is -0.123. The zero-order valence-corrected chi connectivity index (χ0v) is 12.0. The molecule has 1 N–H and O–H groups in total. The second-order valence-electron chi connectivity index (χ2n) is 4.74. The van der Waals surface area contributed by atoms with Crippen LogP contribution < -0.4 is 10.1 Å². The van der Waals surface area contributed by atoms with Crippen molar-refractivity contribution in [3.05, 3.63) is 59.2 Å². The SMILES string of the molecule is COc1cc(C#N)ccc1NC(=O)Cc1ccc(C)cc1. The molecule has 0 aromatic heterocycles. The number of nitriles is 1. The van der Waals surface area contributed by atoms with Crippen molar-refractivity contribution in [3.63, 3.8) is 0 Å². The van der Waals surface area contributed by atoms with Crippen LogP contribution in [0.3, 0.4) is 0 Å². The molecule has 0 saturated heterocycles. The third-order valence-electron chi connectivity index (χ3n) is 3.09. The summed E-state index contributed by atoms with van der Waals surface area (Å²) in [5.41, 5.74) is 3.16. The highest BCUT2D eigenvalue weighted by molar-refractivity contribution is 5.93. The molecular weight excluding hydrogens is 264 g/mol. The summed E-state index contributed by atoms with van der Waals surface area (Å²) in [5.74, 6) is 0.355. The van der Waals surface area contributed by atoms with E-state index in [4.69, 9.17) is 10.00 Å². The number of anilines is 1. The molecule has 4 heteroatoms. The van der Waals surface area contributed by atoms with Gasteiger partial charge in [0.2, 0.25) is 5.91 Å². The lowest BCUT2D eigenvalue weighted by Gasteiger charge is -2.10. The highest BCUT2D eigenvalue weighted by Crippen LogP contribution is 2.25. The van der Waals surface area contributed by atoms with Gasteiger partial charge in [0, 0.05) is 6.07 Å². The number of benzene rings is 2. The maximum atomic E-state index is 12.1. The average molecular weight is 280 g/mol. The second-order valence-corrected chi connectivity index (χ2v) is 4.74. The monoisotopic (exact) mass is 280 g/mol. The van der Waals surface area contributed by atoms with Crippen molar-refractivity contribution in [2.45, 2.75) is 13.3 Å². The van der Waals surface area contributed by atoms with E-state index >= 15 is 0 Å². The molecule has 0 atom stereocenters. The molecule has 2 aromatic carbocycles. The van der Waals surface area contributed by atoms with E-state index in [-0.39, 0.29) is 5.91 Å². The molecule has 2 rings (SSSR count). The number of nitrogens with zero attached hydrogens (tertiary/aromatic N) is 1. The Morgan fingerprint density at radius 1 is 1.24 bits per heavy atom. The van der Waals surface area contributed by atoms with Gasteiger partial charge in [0.05, 0.1) is 30.9 Å². The predicted octanol–water partition coefficient (Wildman–Crippen LogP) is 3.06. The van der Waals surface area contributed by atoms with E-state index in [9.17, 15) is 4.79 Å². The Balaban J connectivity index is 2.09. The van der Waals surface area contributed by atoms with Gasteiger partial charge in [0.25, 0.3) is 0 Å². The van der Waals surface area contributed by atoms with Crippen LogP contribution >= 0.6 is 0 Å². The molecule has 0 fully saturated rings. The van der Waals surface area contributed by atoms with Crippen LogP contribution in [0.2, 0.25) is 0 Å². The largest absolute Gasteiger partial charge is 0.495 e. The summed E-state index contributed by atoms with van der Waals surface area (Å²) in [7, 11) is 1.51. The van der Waals surface area contributed by atoms with Crippen molar-refractivity contribution in [1.82, 2.24) is 0 Å². The predicted molar refractivity (Wildman–Crippen MR) is 81.2 cm³/mol. The van der Waals surface area contributed by atoms with E-state index in [0.29, 0.717) is 23.4 Å². The van der Waals surface area contributed by atoms with Crippen molar-refractivity contribution < 1.29 is 9.53 Å². The van der Waals surface area contributed by atoms with Crippen LogP contribution in [0.15, 0.2) is 42.5 Å². The smallest absolute Gasteiger partial charge is 0.228 e. The third-order valence-corrected chi connectivity index (χ3v) is 3.09. The fourth-order valence-corrected chi connectivity index (χ4v) is 1.95. The van der Waals surface area contributed by atoms with Gasteiger partial charge in [-0.2, -0.15) is 5.26 Å². The molecule has 0 unspecified atom stereocenters. The van der Waals surface area contributed by atoms with Crippen LogP contribution in [0.4, 0.5) is 5.69 Å². The average Bonchev–Trinajstić information content (AvgIpc) is 2.50. The van der Waals surface area contributed by atoms with Gasteiger partial charge in [0.15, 0.2) is 0 Å². The van der Waals surface area contributed by atoms with Crippen molar-refractivity contribution in [3.8, 4) is 11.8 Å². The lowest BCUT2D eigenvalue weighted by Crippen LogP contribution is -2.15. The Kier molecular flexibility index (Phi) is 4.57. The summed E-state index contributed by atoms with van der Waals surface area (Å²) in [6.45, 7) is 2.01. The third kappa shape index (κ3) is 3.83. The Hall–Kier alpha value is -2.80. The van der Waals surface area contributed by atoms with Gasteiger partial charge in [-0.15, -0.1) is 0 Å². The topological polar surface area (TPSA) is 62.1 Å². The molecule has 21 heavy (non-hydrogen) atoms. The van der Waals surface area contributed by atoms with Gasteiger partial charge in [-0.25, -0.2) is 0 Å². The summed E-state index contributed by atoms with van der Waals surface area (Å²) < 4.78 is 5.19. The van der Waals surface area contributed by atoms with Gasteiger partial charge in [-0.05, 0) is 24.6 Å². The Labute approximate surface area is 124 Å². The minimum absolute atomic E-state index is 0.123. The van der Waals surface area contributed by atoms with Crippen molar-refractivity contribution in [2.24, 2.45) is 0 Å². The van der Waals surface area contributed by atoms with E-state index in [1.54, 1.807) is 18.2 Å². The number of hydrogen-bond donors (Lipinski definition) is 1. The van der Waals surface area contributed by atoms with Crippen LogP contribution in [0.5, 0.6) is 5.75 Å². The molecule has 0 heterocycles. The van der Waals surface area contributed by atoms with E-state index in [0.717, 1.165) is 11.1 Å². The lowest BCUT2D eigenvalue weighted by molar-refractivity contribution is -0.115. The first-order valence-corrected chi connectivity index (χ1v) is 6.56. The van der Waals surface area contributed by atoms with E-state index in [2.05, 4.69) is 5.32 Å². The van der Waals surface area contributed by atoms with Gasteiger partial charge in [-0.3, -0.25) is 4.79 Å². The van der Waals surface area contributed by atoms with Crippen molar-refractivity contribution in [1.29, 1.82) is 5.26 Å². The normalized spacial score (nSPS) is 9.76. The van der Waals surface area contributed by atoms with Gasteiger partial charge >= 0.3 is 0 Å². The number of ether oxygens (including phenoxy) is 1. The quantitative estimate of drug-likeness (QED) is 0.936. The number of methoxy groups -OCH3 is 1. The first-order valence-electron chi connectivity index (χ1n) is 6.56. The summed E-state index contributed by atoms with van der Waals surface area (Å²) in [4.78, 5) is 12.1. The second kappa shape index (κ2) is 6.58. The van der Waals surface area contributed by atoms with Gasteiger partial charge < -0.3 is 10.1 Å². The zero-order valence-electron chi connectivity index (χ0n) is 12.0.